The van der Waals surface area contributed by atoms with Crippen LogP contribution in [0.15, 0.2) is 48.5 Å². The van der Waals surface area contributed by atoms with Crippen LogP contribution in [-0.4, -0.2) is 86.5 Å². The Labute approximate surface area is 260 Å². The van der Waals surface area contributed by atoms with Crippen molar-refractivity contribution in [2.75, 3.05) is 49.2 Å². The number of aliphatic hydroxyl groups excluding tert-OH is 1. The van der Waals surface area contributed by atoms with Gasteiger partial charge in [-0.25, -0.2) is 0 Å². The van der Waals surface area contributed by atoms with Gasteiger partial charge in [0, 0.05) is 55.6 Å². The van der Waals surface area contributed by atoms with Crippen molar-refractivity contribution in [3.8, 4) is 0 Å². The van der Waals surface area contributed by atoms with Gasteiger partial charge in [-0.05, 0) is 56.4 Å². The molecule has 2 aromatic carbocycles. The van der Waals surface area contributed by atoms with Crippen LogP contribution in [0.3, 0.4) is 0 Å². The monoisotopic (exact) mass is 605 g/mol. The number of hydrogen-bond acceptors (Lipinski definition) is 7. The lowest BCUT2D eigenvalue weighted by molar-refractivity contribution is -0.123. The maximum atomic E-state index is 13.8. The summed E-state index contributed by atoms with van der Waals surface area (Å²) < 4.78 is 5.53. The van der Waals surface area contributed by atoms with Crippen molar-refractivity contribution in [2.24, 2.45) is 0 Å². The molecule has 3 fully saturated rings. The summed E-state index contributed by atoms with van der Waals surface area (Å²) in [7, 11) is 0. The summed E-state index contributed by atoms with van der Waals surface area (Å²) in [6.45, 7) is 5.16. The third-order valence-corrected chi connectivity index (χ3v) is 8.98. The molecule has 3 aliphatic rings. The van der Waals surface area contributed by atoms with Crippen molar-refractivity contribution >= 4 is 29.1 Å². The van der Waals surface area contributed by atoms with Crippen LogP contribution in [0.2, 0.25) is 0 Å². The lowest BCUT2D eigenvalue weighted by atomic mass is 9.95. The van der Waals surface area contributed by atoms with Crippen LogP contribution in [0.4, 0.5) is 11.4 Å². The average Bonchev–Trinajstić information content (AvgIpc) is 3.50. The summed E-state index contributed by atoms with van der Waals surface area (Å²) in [5, 5.41) is 20.8. The van der Waals surface area contributed by atoms with Crippen LogP contribution in [-0.2, 0) is 20.7 Å². The topological polar surface area (TPSA) is 123 Å². The zero-order chi connectivity index (χ0) is 30.9. The molecule has 2 saturated heterocycles. The van der Waals surface area contributed by atoms with Gasteiger partial charge in [-0.3, -0.25) is 14.4 Å². The minimum absolute atomic E-state index is 0.0561. The fraction of sp³-hybridized carbons (Fsp3) is 0.559. The van der Waals surface area contributed by atoms with Gasteiger partial charge >= 0.3 is 0 Å². The molecule has 0 aromatic heterocycles. The molecule has 10 nitrogen and oxygen atoms in total. The van der Waals surface area contributed by atoms with Crippen molar-refractivity contribution in [1.29, 1.82) is 0 Å². The normalized spacial score (nSPS) is 19.8. The van der Waals surface area contributed by atoms with Crippen LogP contribution >= 0.6 is 0 Å². The Kier molecular flexibility index (Phi) is 11.3. The van der Waals surface area contributed by atoms with Gasteiger partial charge < -0.3 is 35.6 Å². The summed E-state index contributed by atoms with van der Waals surface area (Å²) in [5.74, 6) is -0.340. The van der Waals surface area contributed by atoms with Gasteiger partial charge in [-0.2, -0.15) is 0 Å². The lowest BCUT2D eigenvalue weighted by Crippen LogP contribution is -2.53. The predicted molar refractivity (Wildman–Crippen MR) is 171 cm³/mol. The summed E-state index contributed by atoms with van der Waals surface area (Å²) in [5.41, 5.74) is 2.99. The van der Waals surface area contributed by atoms with E-state index in [0.29, 0.717) is 56.9 Å². The van der Waals surface area contributed by atoms with E-state index < -0.39 is 18.2 Å². The number of carbonyl (C=O) groups excluding carboxylic acids is 3. The summed E-state index contributed by atoms with van der Waals surface area (Å²) in [4.78, 5) is 43.2. The highest BCUT2D eigenvalue weighted by atomic mass is 16.5. The number of nitrogens with zero attached hydrogens (tertiary/aromatic N) is 2. The minimum atomic E-state index is -0.953. The lowest BCUT2D eigenvalue weighted by Gasteiger charge is -2.31. The second-order valence-corrected chi connectivity index (χ2v) is 12.3. The van der Waals surface area contributed by atoms with Crippen molar-refractivity contribution in [3.63, 3.8) is 0 Å². The van der Waals surface area contributed by atoms with E-state index in [0.717, 1.165) is 43.4 Å². The standard InChI is InChI=1S/C34H47N5O5/c1-24(33(42)36-27-11-6-3-7-12-27)35-23-31(40)30(19-25-9-4-2-5-10-25)37-34(43)26-20-28(38-15-17-44-18-16-38)22-29(21-26)39-14-8-13-32(39)41/h2,4-5,9-10,20-22,24,27,30-31,35,40H,3,6-8,11-19,23H2,1H3,(H,36,42)(H,37,43)/t24-,30-,31-/m0/s1. The predicted octanol–water partition coefficient (Wildman–Crippen LogP) is 2.78. The molecule has 4 N–H and O–H groups in total. The van der Waals surface area contributed by atoms with Crippen molar-refractivity contribution in [1.82, 2.24) is 16.0 Å². The fourth-order valence-corrected chi connectivity index (χ4v) is 6.32. The number of nitrogens with one attached hydrogen (secondary N) is 3. The number of anilines is 2. The van der Waals surface area contributed by atoms with E-state index in [2.05, 4.69) is 20.9 Å². The first-order chi connectivity index (χ1) is 21.4. The molecule has 10 heteroatoms. The van der Waals surface area contributed by atoms with E-state index in [1.807, 2.05) is 42.5 Å². The SMILES string of the molecule is C[C@H](NC[C@H](O)[C@H](Cc1ccccc1)NC(=O)c1cc(N2CCOCC2)cc(N2CCCC2=O)c1)C(=O)NC1CCCCC1. The van der Waals surface area contributed by atoms with Crippen LogP contribution in [0.25, 0.3) is 0 Å². The van der Waals surface area contributed by atoms with Crippen molar-refractivity contribution in [3.05, 3.63) is 59.7 Å². The second kappa shape index (κ2) is 15.5. The van der Waals surface area contributed by atoms with Gasteiger partial charge in [0.2, 0.25) is 11.8 Å². The third kappa shape index (κ3) is 8.58. The molecule has 238 valence electrons. The van der Waals surface area contributed by atoms with Gasteiger partial charge in [0.05, 0.1) is 31.4 Å². The molecule has 0 unspecified atom stereocenters. The number of aliphatic hydroxyl groups is 1. The number of carbonyl (C=O) groups is 3. The molecule has 5 rings (SSSR count). The van der Waals surface area contributed by atoms with Gasteiger partial charge in [0.1, 0.15) is 0 Å². The average molecular weight is 606 g/mol. The fourth-order valence-electron chi connectivity index (χ4n) is 6.32. The van der Waals surface area contributed by atoms with Crippen LogP contribution in [0.1, 0.15) is 67.8 Å². The molecule has 0 bridgehead atoms. The van der Waals surface area contributed by atoms with Crippen molar-refractivity contribution in [2.45, 2.75) is 82.5 Å². The highest BCUT2D eigenvalue weighted by Crippen LogP contribution is 2.29. The first kappa shape index (κ1) is 31.9. The quantitative estimate of drug-likeness (QED) is 0.294. The smallest absolute Gasteiger partial charge is 0.251 e. The van der Waals surface area contributed by atoms with E-state index in [1.54, 1.807) is 17.9 Å². The molecule has 3 amide bonds. The Morgan fingerprint density at radius 2 is 1.70 bits per heavy atom. The molecule has 3 atom stereocenters. The van der Waals surface area contributed by atoms with E-state index in [-0.39, 0.29) is 30.3 Å². The van der Waals surface area contributed by atoms with Gasteiger partial charge in [0.15, 0.2) is 0 Å². The molecular weight excluding hydrogens is 558 g/mol. The Hall–Kier alpha value is -3.47. The zero-order valence-electron chi connectivity index (χ0n) is 25.8. The van der Waals surface area contributed by atoms with Gasteiger partial charge in [0.25, 0.3) is 5.91 Å². The number of ether oxygens (including phenoxy) is 1. The molecular formula is C34H47N5O5. The summed E-state index contributed by atoms with van der Waals surface area (Å²) >= 11 is 0. The Morgan fingerprint density at radius 3 is 2.41 bits per heavy atom. The number of morpholine rings is 1. The summed E-state index contributed by atoms with van der Waals surface area (Å²) in [6, 6.07) is 14.4. The number of amides is 3. The van der Waals surface area contributed by atoms with E-state index in [1.165, 1.54) is 6.42 Å². The minimum Gasteiger partial charge on any atom is -0.390 e. The van der Waals surface area contributed by atoms with Gasteiger partial charge in [-0.15, -0.1) is 0 Å². The van der Waals surface area contributed by atoms with E-state index in [4.69, 9.17) is 4.74 Å². The highest BCUT2D eigenvalue weighted by molar-refractivity contribution is 6.00. The van der Waals surface area contributed by atoms with Crippen molar-refractivity contribution < 1.29 is 24.2 Å². The van der Waals surface area contributed by atoms with Crippen LogP contribution in [0.5, 0.6) is 0 Å². The molecule has 2 aromatic rings. The molecule has 0 spiro atoms. The number of hydrogen-bond donors (Lipinski definition) is 4. The maximum absolute atomic E-state index is 13.8. The third-order valence-electron chi connectivity index (χ3n) is 8.98. The maximum Gasteiger partial charge on any atom is 0.251 e. The first-order valence-electron chi connectivity index (χ1n) is 16.2. The second-order valence-electron chi connectivity index (χ2n) is 12.3. The molecule has 2 aliphatic heterocycles. The Morgan fingerprint density at radius 1 is 0.977 bits per heavy atom. The molecule has 1 saturated carbocycles. The van der Waals surface area contributed by atoms with Crippen LogP contribution in [0, 0.1) is 0 Å². The van der Waals surface area contributed by atoms with E-state index in [9.17, 15) is 19.5 Å². The van der Waals surface area contributed by atoms with Gasteiger partial charge in [-0.1, -0.05) is 49.6 Å². The highest BCUT2D eigenvalue weighted by Gasteiger charge is 2.28. The molecule has 1 aliphatic carbocycles. The zero-order valence-corrected chi connectivity index (χ0v) is 25.8. The number of benzene rings is 2. The first-order valence-corrected chi connectivity index (χ1v) is 16.2. The number of rotatable bonds is 12. The Bertz CT molecular complexity index is 1260. The van der Waals surface area contributed by atoms with E-state index >= 15 is 0 Å². The largest absolute Gasteiger partial charge is 0.390 e. The van der Waals surface area contributed by atoms with Crippen LogP contribution < -0.4 is 25.8 Å². The molecule has 44 heavy (non-hydrogen) atoms. The molecule has 2 heterocycles. The molecule has 0 radical (unpaired) electrons. The Balaban J connectivity index is 1.30. The summed E-state index contributed by atoms with van der Waals surface area (Å²) in [6.07, 6.45) is 6.26.